The monoisotopic (exact) mass is 282 g/mol. The molecule has 2 heteroatoms. The van der Waals surface area contributed by atoms with Crippen LogP contribution in [0, 0.1) is 17.3 Å². The number of nitrogens with zero attached hydrogens (tertiary/aromatic N) is 1. The van der Waals surface area contributed by atoms with E-state index in [-0.39, 0.29) is 0 Å². The minimum atomic E-state index is 0.388. The van der Waals surface area contributed by atoms with Crippen LogP contribution in [0.25, 0.3) is 0 Å². The zero-order valence-electron chi connectivity index (χ0n) is 14.8. The molecular weight excluding hydrogens is 244 g/mol. The van der Waals surface area contributed by atoms with Crippen LogP contribution >= 0.6 is 0 Å². The van der Waals surface area contributed by atoms with Crippen molar-refractivity contribution in [1.29, 1.82) is 0 Å². The zero-order chi connectivity index (χ0) is 15.2. The fraction of sp³-hybridized carbons (Fsp3) is 1.00. The summed E-state index contributed by atoms with van der Waals surface area (Å²) in [6.07, 6.45) is 5.52. The van der Waals surface area contributed by atoms with Crippen LogP contribution in [-0.4, -0.2) is 37.1 Å². The summed E-state index contributed by atoms with van der Waals surface area (Å²) in [5.74, 6) is 1.68. The van der Waals surface area contributed by atoms with E-state index in [0.717, 1.165) is 18.4 Å². The molecule has 0 spiro atoms. The highest BCUT2D eigenvalue weighted by molar-refractivity contribution is 4.85. The third-order valence-corrected chi connectivity index (χ3v) is 4.12. The molecule has 0 radical (unpaired) electrons. The number of likely N-dealkylation sites (tertiary alicyclic amines) is 1. The fourth-order valence-corrected chi connectivity index (χ4v) is 3.27. The summed E-state index contributed by atoms with van der Waals surface area (Å²) in [5, 5.41) is 3.83. The van der Waals surface area contributed by atoms with Gasteiger partial charge in [0.15, 0.2) is 0 Å². The quantitative estimate of drug-likeness (QED) is 0.754. The van der Waals surface area contributed by atoms with E-state index in [9.17, 15) is 0 Å². The number of rotatable bonds is 7. The molecule has 0 aromatic rings. The lowest BCUT2D eigenvalue weighted by atomic mass is 9.88. The molecular formula is C18H38N2. The second-order valence-electron chi connectivity index (χ2n) is 8.49. The Morgan fingerprint density at radius 3 is 2.45 bits per heavy atom. The number of hydrogen-bond acceptors (Lipinski definition) is 2. The van der Waals surface area contributed by atoms with Gasteiger partial charge in [-0.15, -0.1) is 0 Å². The van der Waals surface area contributed by atoms with E-state index in [4.69, 9.17) is 0 Å². The summed E-state index contributed by atoms with van der Waals surface area (Å²) in [7, 11) is 0. The van der Waals surface area contributed by atoms with Gasteiger partial charge in [0.05, 0.1) is 0 Å². The molecule has 1 saturated heterocycles. The first kappa shape index (κ1) is 18.0. The first-order valence-electron chi connectivity index (χ1n) is 8.76. The van der Waals surface area contributed by atoms with Crippen LogP contribution in [-0.2, 0) is 0 Å². The molecule has 0 aromatic carbocycles. The molecule has 2 atom stereocenters. The predicted octanol–water partition coefficient (Wildman–Crippen LogP) is 4.16. The predicted molar refractivity (Wildman–Crippen MR) is 90.2 cm³/mol. The van der Waals surface area contributed by atoms with E-state index in [1.165, 1.54) is 45.3 Å². The topological polar surface area (TPSA) is 15.3 Å². The molecule has 1 heterocycles. The Morgan fingerprint density at radius 1 is 1.20 bits per heavy atom. The van der Waals surface area contributed by atoms with Gasteiger partial charge in [-0.25, -0.2) is 0 Å². The van der Waals surface area contributed by atoms with Gasteiger partial charge in [0.25, 0.3) is 0 Å². The molecule has 120 valence electrons. The van der Waals surface area contributed by atoms with Crippen molar-refractivity contribution in [1.82, 2.24) is 10.2 Å². The van der Waals surface area contributed by atoms with E-state index in [2.05, 4.69) is 51.8 Å². The van der Waals surface area contributed by atoms with Crippen LogP contribution < -0.4 is 5.32 Å². The Labute approximate surface area is 127 Å². The molecule has 1 aliphatic rings. The highest BCUT2D eigenvalue weighted by Crippen LogP contribution is 2.23. The van der Waals surface area contributed by atoms with Crippen molar-refractivity contribution in [3.05, 3.63) is 0 Å². The minimum Gasteiger partial charge on any atom is -0.312 e. The van der Waals surface area contributed by atoms with Crippen molar-refractivity contribution < 1.29 is 0 Å². The summed E-state index contributed by atoms with van der Waals surface area (Å²) in [4.78, 5) is 2.70. The smallest absolute Gasteiger partial charge is 0.0198 e. The second-order valence-corrected chi connectivity index (χ2v) is 8.49. The Kier molecular flexibility index (Phi) is 7.53. The third kappa shape index (κ3) is 7.64. The van der Waals surface area contributed by atoms with Crippen LogP contribution in [0.3, 0.4) is 0 Å². The van der Waals surface area contributed by atoms with Crippen LogP contribution in [0.2, 0.25) is 0 Å². The third-order valence-electron chi connectivity index (χ3n) is 4.12. The van der Waals surface area contributed by atoms with E-state index in [1.807, 2.05) is 0 Å². The summed E-state index contributed by atoms with van der Waals surface area (Å²) >= 11 is 0. The second kappa shape index (κ2) is 8.38. The molecule has 1 rings (SSSR count). The first-order valence-corrected chi connectivity index (χ1v) is 8.76. The Hall–Kier alpha value is -0.0800. The van der Waals surface area contributed by atoms with Gasteiger partial charge in [0.1, 0.15) is 0 Å². The van der Waals surface area contributed by atoms with Gasteiger partial charge in [0.2, 0.25) is 0 Å². The van der Waals surface area contributed by atoms with Crippen molar-refractivity contribution >= 4 is 0 Å². The average Bonchev–Trinajstić information content (AvgIpc) is 2.32. The Balaban J connectivity index is 2.50. The van der Waals surface area contributed by atoms with Gasteiger partial charge in [-0.1, -0.05) is 54.4 Å². The Morgan fingerprint density at radius 2 is 1.90 bits per heavy atom. The van der Waals surface area contributed by atoms with E-state index < -0.39 is 0 Å². The highest BCUT2D eigenvalue weighted by Gasteiger charge is 2.27. The van der Waals surface area contributed by atoms with Gasteiger partial charge >= 0.3 is 0 Å². The summed E-state index contributed by atoms with van der Waals surface area (Å²) in [5.41, 5.74) is 0.388. The molecule has 0 bridgehead atoms. The zero-order valence-corrected chi connectivity index (χ0v) is 14.8. The van der Waals surface area contributed by atoms with Gasteiger partial charge in [-0.3, -0.25) is 0 Å². The van der Waals surface area contributed by atoms with Crippen molar-refractivity contribution in [3.63, 3.8) is 0 Å². The van der Waals surface area contributed by atoms with Crippen LogP contribution in [0.15, 0.2) is 0 Å². The van der Waals surface area contributed by atoms with Crippen molar-refractivity contribution in [2.75, 3.05) is 26.2 Å². The number of piperidine rings is 1. The molecule has 2 nitrogen and oxygen atoms in total. The summed E-state index contributed by atoms with van der Waals surface area (Å²) in [6.45, 7) is 18.9. The molecule has 0 amide bonds. The van der Waals surface area contributed by atoms with Crippen molar-refractivity contribution in [2.24, 2.45) is 17.3 Å². The molecule has 0 saturated carbocycles. The molecule has 1 fully saturated rings. The van der Waals surface area contributed by atoms with E-state index in [0.29, 0.717) is 11.5 Å². The van der Waals surface area contributed by atoms with Gasteiger partial charge < -0.3 is 10.2 Å². The molecule has 0 aromatic heterocycles. The van der Waals surface area contributed by atoms with E-state index >= 15 is 0 Å². The average molecular weight is 283 g/mol. The fourth-order valence-electron chi connectivity index (χ4n) is 3.27. The molecule has 1 aliphatic heterocycles. The first-order chi connectivity index (χ1) is 9.30. The van der Waals surface area contributed by atoms with Gasteiger partial charge in [0, 0.05) is 32.2 Å². The molecule has 0 aliphatic carbocycles. The lowest BCUT2D eigenvalue weighted by molar-refractivity contribution is 0.118. The van der Waals surface area contributed by atoms with Crippen LogP contribution in [0.4, 0.5) is 0 Å². The van der Waals surface area contributed by atoms with Crippen molar-refractivity contribution in [2.45, 2.75) is 73.3 Å². The minimum absolute atomic E-state index is 0.388. The number of nitrogens with one attached hydrogen (secondary N) is 1. The lowest BCUT2D eigenvalue weighted by Gasteiger charge is -2.40. The van der Waals surface area contributed by atoms with E-state index in [1.54, 1.807) is 0 Å². The number of hydrogen-bond donors (Lipinski definition) is 1. The van der Waals surface area contributed by atoms with Crippen LogP contribution in [0.5, 0.6) is 0 Å². The van der Waals surface area contributed by atoms with Crippen LogP contribution in [0.1, 0.15) is 67.2 Å². The standard InChI is InChI=1S/C18H38N2/c1-7-8-9-16-10-17(19-14-18(4,5)6)13-20(12-16)11-15(2)3/h15-17,19H,7-14H2,1-6H3. The normalized spacial score (nSPS) is 25.4. The Bertz CT molecular complexity index is 255. The largest absolute Gasteiger partial charge is 0.312 e. The molecule has 20 heavy (non-hydrogen) atoms. The SMILES string of the molecule is CCCCC1CC(NCC(C)(C)C)CN(CC(C)C)C1. The highest BCUT2D eigenvalue weighted by atomic mass is 15.2. The maximum Gasteiger partial charge on any atom is 0.0198 e. The van der Waals surface area contributed by atoms with Gasteiger partial charge in [-0.05, 0) is 30.1 Å². The summed E-state index contributed by atoms with van der Waals surface area (Å²) in [6, 6.07) is 0.698. The van der Waals surface area contributed by atoms with Crippen molar-refractivity contribution in [3.8, 4) is 0 Å². The lowest BCUT2D eigenvalue weighted by Crippen LogP contribution is -2.51. The van der Waals surface area contributed by atoms with Gasteiger partial charge in [-0.2, -0.15) is 0 Å². The molecule has 2 unspecified atom stereocenters. The summed E-state index contributed by atoms with van der Waals surface area (Å²) < 4.78 is 0. The number of unbranched alkanes of at least 4 members (excludes halogenated alkanes) is 1. The molecule has 1 N–H and O–H groups in total. The maximum atomic E-state index is 3.83. The maximum absolute atomic E-state index is 3.83.